The number of nitrogens with zero attached hydrogens (tertiary/aromatic N) is 4. The van der Waals surface area contributed by atoms with Gasteiger partial charge in [0.05, 0.1) is 12.2 Å². The van der Waals surface area contributed by atoms with E-state index in [1.807, 2.05) is 30.9 Å². The number of hydrogen-bond acceptors (Lipinski definition) is 4. The summed E-state index contributed by atoms with van der Waals surface area (Å²) < 4.78 is 0. The molecule has 0 radical (unpaired) electrons. The topological polar surface area (TPSA) is 41.4 Å². The maximum absolute atomic E-state index is 6.39. The fourth-order valence-electron chi connectivity index (χ4n) is 5.67. The molecule has 3 heterocycles. The van der Waals surface area contributed by atoms with Crippen LogP contribution >= 0.6 is 11.6 Å². The smallest absolute Gasteiger partial charge is 0.0739 e. The number of fused-ring (bicyclic) bond motifs is 2. The van der Waals surface area contributed by atoms with Gasteiger partial charge in [-0.15, -0.1) is 0 Å². The first-order chi connectivity index (χ1) is 19.0. The van der Waals surface area contributed by atoms with Gasteiger partial charge in [-0.1, -0.05) is 47.5 Å². The van der Waals surface area contributed by atoms with E-state index >= 15 is 0 Å². The second-order valence-corrected chi connectivity index (χ2v) is 11.1. The molecule has 0 bridgehead atoms. The lowest BCUT2D eigenvalue weighted by Crippen LogP contribution is -2.32. The molecule has 200 valence electrons. The number of benzene rings is 1. The van der Waals surface area contributed by atoms with Gasteiger partial charge in [0.15, 0.2) is 0 Å². The third-order valence-electron chi connectivity index (χ3n) is 7.63. The second kappa shape index (κ2) is 12.7. The Balaban J connectivity index is 1.28. The molecule has 0 unspecified atom stereocenters. The number of piperidine rings is 1. The van der Waals surface area contributed by atoms with Crippen LogP contribution in [0.5, 0.6) is 0 Å². The van der Waals surface area contributed by atoms with Gasteiger partial charge in [-0.05, 0) is 104 Å². The van der Waals surface area contributed by atoms with E-state index in [4.69, 9.17) is 16.6 Å². The molecule has 4 nitrogen and oxygen atoms in total. The monoisotopic (exact) mass is 536 g/mol. The highest BCUT2D eigenvalue weighted by Gasteiger charge is 2.25. The van der Waals surface area contributed by atoms with Crippen molar-refractivity contribution in [3.05, 3.63) is 122 Å². The molecular weight excluding hydrogens is 500 g/mol. The zero-order chi connectivity index (χ0) is 27.2. The molecule has 1 aliphatic heterocycles. The quantitative estimate of drug-likeness (QED) is 0.240. The summed E-state index contributed by atoms with van der Waals surface area (Å²) in [5.74, 6) is 0. The lowest BCUT2D eigenvalue weighted by Gasteiger charge is -2.30. The normalized spacial score (nSPS) is 16.8. The molecule has 3 aromatic rings. The van der Waals surface area contributed by atoms with Crippen molar-refractivity contribution in [2.45, 2.75) is 53.0 Å². The number of aliphatic imine (C=N–C) groups is 1. The largest absolute Gasteiger partial charge is 0.298 e. The number of halogens is 1. The van der Waals surface area contributed by atoms with Crippen LogP contribution < -0.4 is 0 Å². The van der Waals surface area contributed by atoms with E-state index in [2.05, 4.69) is 78.1 Å². The average molecular weight is 537 g/mol. The summed E-state index contributed by atoms with van der Waals surface area (Å²) in [6, 6.07) is 12.8. The summed E-state index contributed by atoms with van der Waals surface area (Å²) in [6.45, 7) is 10.0. The molecule has 5 rings (SSSR count). The Kier molecular flexibility index (Phi) is 8.85. The summed E-state index contributed by atoms with van der Waals surface area (Å²) in [6.07, 6.45) is 16.3. The summed E-state index contributed by atoms with van der Waals surface area (Å²) >= 11 is 6.39. The first-order valence-electron chi connectivity index (χ1n) is 13.9. The molecule has 1 aliphatic carbocycles. The van der Waals surface area contributed by atoms with Gasteiger partial charge < -0.3 is 0 Å². The van der Waals surface area contributed by atoms with Gasteiger partial charge in [0.1, 0.15) is 0 Å². The van der Waals surface area contributed by atoms with Crippen LogP contribution in [0.3, 0.4) is 0 Å². The molecule has 1 aromatic carbocycles. The Morgan fingerprint density at radius 3 is 2.67 bits per heavy atom. The first-order valence-corrected chi connectivity index (χ1v) is 14.3. The number of allylic oxidation sites excluding steroid dienone is 2. The standard InChI is InChI=1S/C34H37ClN4/c1-4-26(16-24(2)19-36-21-27-17-25(3)20-37-22-27)23-39-14-11-28(12-15-39)33-32-10-9-31(35)18-30(32)8-7-29-6-5-13-38-34(29)33/h4-6,9-10,13,16-20,22H,7-8,11-12,14-15,21,23H2,1-3H3/b24-16-,26-4+,36-19+. The Hall–Kier alpha value is -3.34. The van der Waals surface area contributed by atoms with Crippen molar-refractivity contribution in [1.82, 2.24) is 14.9 Å². The first kappa shape index (κ1) is 27.2. The van der Waals surface area contributed by atoms with E-state index in [0.717, 1.165) is 61.6 Å². The molecule has 0 N–H and O–H groups in total. The van der Waals surface area contributed by atoms with Gasteiger partial charge in [0.2, 0.25) is 0 Å². The molecule has 2 aromatic heterocycles. The number of aryl methyl sites for hydroxylation is 3. The van der Waals surface area contributed by atoms with Gasteiger partial charge >= 0.3 is 0 Å². The average Bonchev–Trinajstić information content (AvgIpc) is 3.10. The fourth-order valence-corrected chi connectivity index (χ4v) is 5.87. The van der Waals surface area contributed by atoms with Crippen molar-refractivity contribution in [2.75, 3.05) is 19.6 Å². The molecule has 0 saturated carbocycles. The molecule has 1 saturated heterocycles. The maximum Gasteiger partial charge on any atom is 0.0739 e. The predicted molar refractivity (Wildman–Crippen MR) is 163 cm³/mol. The molecule has 0 amide bonds. The number of likely N-dealkylation sites (tertiary alicyclic amines) is 1. The molecule has 0 atom stereocenters. The Morgan fingerprint density at radius 1 is 1.05 bits per heavy atom. The van der Waals surface area contributed by atoms with Crippen LogP contribution in [0.4, 0.5) is 0 Å². The predicted octanol–water partition coefficient (Wildman–Crippen LogP) is 7.60. The highest BCUT2D eigenvalue weighted by Crippen LogP contribution is 2.38. The van der Waals surface area contributed by atoms with Gasteiger partial charge in [0.25, 0.3) is 0 Å². The molecular formula is C34H37ClN4. The number of aromatic nitrogens is 2. The highest BCUT2D eigenvalue weighted by molar-refractivity contribution is 6.30. The minimum absolute atomic E-state index is 0.655. The van der Waals surface area contributed by atoms with Crippen LogP contribution in [-0.2, 0) is 19.4 Å². The van der Waals surface area contributed by atoms with Crippen molar-refractivity contribution in [1.29, 1.82) is 0 Å². The van der Waals surface area contributed by atoms with Crippen molar-refractivity contribution in [3.8, 4) is 0 Å². The number of rotatable bonds is 6. The molecule has 0 spiro atoms. The third kappa shape index (κ3) is 6.81. The highest BCUT2D eigenvalue weighted by atomic mass is 35.5. The molecule has 5 heteroatoms. The Labute approximate surface area is 237 Å². The third-order valence-corrected chi connectivity index (χ3v) is 7.87. The van der Waals surface area contributed by atoms with E-state index in [1.54, 1.807) is 0 Å². The van der Waals surface area contributed by atoms with Crippen LogP contribution in [0.15, 0.2) is 88.9 Å². The Bertz CT molecular complexity index is 1450. The lowest BCUT2D eigenvalue weighted by atomic mass is 9.88. The van der Waals surface area contributed by atoms with Crippen LogP contribution in [0, 0.1) is 6.92 Å². The van der Waals surface area contributed by atoms with Gasteiger partial charge in [-0.2, -0.15) is 0 Å². The lowest BCUT2D eigenvalue weighted by molar-refractivity contribution is 0.279. The van der Waals surface area contributed by atoms with Crippen LogP contribution in [0.2, 0.25) is 5.02 Å². The number of pyridine rings is 2. The molecule has 39 heavy (non-hydrogen) atoms. The van der Waals surface area contributed by atoms with Crippen molar-refractivity contribution >= 4 is 23.4 Å². The number of hydrogen-bond donors (Lipinski definition) is 0. The van der Waals surface area contributed by atoms with Crippen LogP contribution in [0.1, 0.15) is 60.2 Å². The molecule has 1 fully saturated rings. The van der Waals surface area contributed by atoms with E-state index in [0.29, 0.717) is 6.54 Å². The van der Waals surface area contributed by atoms with Crippen LogP contribution in [-0.4, -0.2) is 40.7 Å². The van der Waals surface area contributed by atoms with E-state index in [-0.39, 0.29) is 0 Å². The zero-order valence-corrected chi connectivity index (χ0v) is 24.0. The van der Waals surface area contributed by atoms with E-state index in [1.165, 1.54) is 44.5 Å². The maximum atomic E-state index is 6.39. The summed E-state index contributed by atoms with van der Waals surface area (Å²) in [5, 5.41) is 0.811. The summed E-state index contributed by atoms with van der Waals surface area (Å²) in [4.78, 5) is 16.3. The van der Waals surface area contributed by atoms with Gasteiger partial charge in [-0.3, -0.25) is 19.9 Å². The van der Waals surface area contributed by atoms with Crippen LogP contribution in [0.25, 0.3) is 5.57 Å². The van der Waals surface area contributed by atoms with Crippen molar-refractivity contribution in [3.63, 3.8) is 0 Å². The van der Waals surface area contributed by atoms with E-state index in [9.17, 15) is 0 Å². The molecule has 2 aliphatic rings. The SMILES string of the molecule is C\C=C(/C=C(C)\C=N\Cc1cncc(C)c1)CN1CCC(=C2c3ccc(Cl)cc3CCc3cccnc32)CC1. The zero-order valence-electron chi connectivity index (χ0n) is 23.3. The Morgan fingerprint density at radius 2 is 1.87 bits per heavy atom. The van der Waals surface area contributed by atoms with Gasteiger partial charge in [-0.25, -0.2) is 0 Å². The minimum Gasteiger partial charge on any atom is -0.298 e. The van der Waals surface area contributed by atoms with Crippen molar-refractivity contribution in [2.24, 2.45) is 4.99 Å². The van der Waals surface area contributed by atoms with Gasteiger partial charge in [0, 0.05) is 55.0 Å². The van der Waals surface area contributed by atoms with Crippen molar-refractivity contribution < 1.29 is 0 Å². The minimum atomic E-state index is 0.655. The fraction of sp³-hybridized carbons (Fsp3) is 0.324. The summed E-state index contributed by atoms with van der Waals surface area (Å²) in [7, 11) is 0. The van der Waals surface area contributed by atoms with E-state index < -0.39 is 0 Å². The summed E-state index contributed by atoms with van der Waals surface area (Å²) in [5.41, 5.74) is 12.8. The second-order valence-electron chi connectivity index (χ2n) is 10.7.